The first-order valence-electron chi connectivity index (χ1n) is 12.8. The van der Waals surface area contributed by atoms with Gasteiger partial charge in [0.25, 0.3) is 5.56 Å². The Labute approximate surface area is 217 Å². The molecule has 1 N–H and O–H groups in total. The summed E-state index contributed by atoms with van der Waals surface area (Å²) in [5.41, 5.74) is 0.480. The van der Waals surface area contributed by atoms with Gasteiger partial charge in [0.15, 0.2) is 16.9 Å². The van der Waals surface area contributed by atoms with Gasteiger partial charge in [-0.3, -0.25) is 28.1 Å². The first kappa shape index (κ1) is 24.2. The minimum Gasteiger partial charge on any atom is -0.389 e. The van der Waals surface area contributed by atoms with Gasteiger partial charge >= 0.3 is 5.69 Å². The number of nitrogens with one attached hydrogen (secondary N) is 1. The van der Waals surface area contributed by atoms with Crippen molar-refractivity contribution in [3.8, 4) is 0 Å². The molecule has 2 saturated heterocycles. The largest absolute Gasteiger partial charge is 0.389 e. The van der Waals surface area contributed by atoms with Crippen LogP contribution in [0.25, 0.3) is 11.2 Å². The van der Waals surface area contributed by atoms with Gasteiger partial charge in [-0.1, -0.05) is 30.3 Å². The van der Waals surface area contributed by atoms with Gasteiger partial charge in [-0.05, 0) is 6.42 Å². The second-order valence-electron chi connectivity index (χ2n) is 9.80. The zero-order valence-electron chi connectivity index (χ0n) is 21.1. The molecule has 0 aliphatic carbocycles. The first-order chi connectivity index (χ1) is 18.4. The summed E-state index contributed by atoms with van der Waals surface area (Å²) >= 11 is 0. The third-order valence-electron chi connectivity index (χ3n) is 7.55. The van der Waals surface area contributed by atoms with Gasteiger partial charge in [0.1, 0.15) is 6.54 Å². The summed E-state index contributed by atoms with van der Waals surface area (Å²) < 4.78 is 9.21. The van der Waals surface area contributed by atoms with E-state index in [1.807, 2.05) is 11.1 Å². The van der Waals surface area contributed by atoms with Crippen LogP contribution < -0.4 is 21.5 Å². The van der Waals surface area contributed by atoms with Crippen molar-refractivity contribution >= 4 is 28.8 Å². The molecule has 3 aliphatic heterocycles. The van der Waals surface area contributed by atoms with Crippen LogP contribution in [0.4, 0.5) is 5.95 Å². The number of Topliss-reactive ketones (excluding diaryl/α,β-unsaturated/α-hetero) is 1. The van der Waals surface area contributed by atoms with Crippen LogP contribution in [0, 0.1) is 5.92 Å². The number of aromatic nitrogens is 4. The van der Waals surface area contributed by atoms with Crippen LogP contribution in [-0.2, 0) is 29.7 Å². The van der Waals surface area contributed by atoms with Crippen molar-refractivity contribution in [1.82, 2.24) is 28.9 Å². The number of imidazole rings is 1. The van der Waals surface area contributed by atoms with E-state index in [0.717, 1.165) is 23.2 Å². The summed E-state index contributed by atoms with van der Waals surface area (Å²) in [5.74, 6) is 0.244. The molecule has 3 aliphatic rings. The van der Waals surface area contributed by atoms with E-state index in [9.17, 15) is 19.2 Å². The van der Waals surface area contributed by atoms with Crippen molar-refractivity contribution in [2.24, 2.45) is 13.0 Å². The molecule has 0 saturated carbocycles. The standard InChI is InChI=1S/C26H29N7O5/c1-29-23-22(24(36)33(26(29)37)15-20(34)17-5-3-2-4-6-17)32(16-21(35)30-9-11-38-12-10-30)25(28-23)31-8-7-18-13-27-14-19(18)31/h2-6,14,18,27H,7-13,15-16H2,1H3. The Morgan fingerprint density at radius 2 is 1.82 bits per heavy atom. The lowest BCUT2D eigenvalue weighted by Crippen LogP contribution is -2.43. The molecule has 3 aromatic rings. The highest BCUT2D eigenvalue weighted by Gasteiger charge is 2.36. The number of nitrogens with zero attached hydrogens (tertiary/aromatic N) is 6. The third-order valence-corrected chi connectivity index (χ3v) is 7.55. The Bertz CT molecular complexity index is 1560. The summed E-state index contributed by atoms with van der Waals surface area (Å²) in [7, 11) is 1.53. The average Bonchev–Trinajstić information content (AvgIpc) is 3.66. The summed E-state index contributed by atoms with van der Waals surface area (Å²) in [6.45, 7) is 2.83. The zero-order chi connectivity index (χ0) is 26.4. The van der Waals surface area contributed by atoms with E-state index in [1.54, 1.807) is 39.8 Å². The Morgan fingerprint density at radius 1 is 1.05 bits per heavy atom. The molecule has 2 aromatic heterocycles. The minimum atomic E-state index is -0.643. The van der Waals surface area contributed by atoms with Crippen LogP contribution >= 0.6 is 0 Å². The molecule has 0 radical (unpaired) electrons. The van der Waals surface area contributed by atoms with E-state index in [2.05, 4.69) is 5.32 Å². The van der Waals surface area contributed by atoms with Gasteiger partial charge in [-0.2, -0.15) is 4.98 Å². The average molecular weight is 520 g/mol. The summed E-state index contributed by atoms with van der Waals surface area (Å²) in [5, 5.41) is 3.26. The summed E-state index contributed by atoms with van der Waals surface area (Å²) in [6, 6.07) is 8.54. The molecular formula is C26H29N7O5. The predicted octanol–water partition coefficient (Wildman–Crippen LogP) is -0.0907. The molecule has 1 aromatic carbocycles. The highest BCUT2D eigenvalue weighted by atomic mass is 16.5. The number of carbonyl (C=O) groups is 2. The van der Waals surface area contributed by atoms with Gasteiger partial charge in [0, 0.05) is 56.6 Å². The lowest BCUT2D eigenvalue weighted by molar-refractivity contribution is -0.135. The molecule has 5 heterocycles. The number of hydrogen-bond donors (Lipinski definition) is 1. The number of carbonyl (C=O) groups excluding carboxylic acids is 2. The quantitative estimate of drug-likeness (QED) is 0.448. The maximum atomic E-state index is 13.8. The normalized spacial score (nSPS) is 19.0. The van der Waals surface area contributed by atoms with Gasteiger partial charge in [-0.15, -0.1) is 0 Å². The summed E-state index contributed by atoms with van der Waals surface area (Å²) in [4.78, 5) is 61.9. The van der Waals surface area contributed by atoms with E-state index in [1.165, 1.54) is 11.6 Å². The van der Waals surface area contributed by atoms with Gasteiger partial charge in [0.05, 0.1) is 19.8 Å². The second-order valence-corrected chi connectivity index (χ2v) is 9.80. The number of rotatable bonds is 6. The topological polar surface area (TPSA) is 124 Å². The second kappa shape index (κ2) is 9.60. The van der Waals surface area contributed by atoms with Gasteiger partial charge in [-0.25, -0.2) is 4.79 Å². The monoisotopic (exact) mass is 519 g/mol. The fraction of sp³-hybridized carbons (Fsp3) is 0.423. The number of aryl methyl sites for hydroxylation is 1. The third kappa shape index (κ3) is 4.01. The molecule has 6 rings (SSSR count). The number of ether oxygens (including phenoxy) is 1. The SMILES string of the molecule is Cn1c(=O)n(CC(=O)c2ccccc2)c(=O)c2c1nc(N1CCC3CNC=C31)n2CC(=O)N1CCOCC1. The smallest absolute Gasteiger partial charge is 0.332 e. The summed E-state index contributed by atoms with van der Waals surface area (Å²) in [6.07, 6.45) is 2.86. The maximum Gasteiger partial charge on any atom is 0.332 e. The molecular weight excluding hydrogens is 490 g/mol. The van der Waals surface area contributed by atoms with Crippen molar-refractivity contribution < 1.29 is 14.3 Å². The molecule has 38 heavy (non-hydrogen) atoms. The van der Waals surface area contributed by atoms with E-state index in [-0.39, 0.29) is 29.4 Å². The molecule has 1 atom stereocenters. The fourth-order valence-corrected chi connectivity index (χ4v) is 5.47. The Hall–Kier alpha value is -4.19. The van der Waals surface area contributed by atoms with E-state index < -0.39 is 17.8 Å². The van der Waals surface area contributed by atoms with E-state index in [4.69, 9.17) is 9.72 Å². The highest BCUT2D eigenvalue weighted by Crippen LogP contribution is 2.35. The van der Waals surface area contributed by atoms with Crippen LogP contribution in [0.5, 0.6) is 0 Å². The van der Waals surface area contributed by atoms with Crippen molar-refractivity contribution in [1.29, 1.82) is 0 Å². The molecule has 0 spiro atoms. The van der Waals surface area contributed by atoms with Crippen LogP contribution in [0.3, 0.4) is 0 Å². The molecule has 12 heteroatoms. The van der Waals surface area contributed by atoms with Crippen LogP contribution in [0.2, 0.25) is 0 Å². The van der Waals surface area contributed by atoms with Crippen LogP contribution in [0.1, 0.15) is 16.8 Å². The van der Waals surface area contributed by atoms with E-state index in [0.29, 0.717) is 50.3 Å². The lowest BCUT2D eigenvalue weighted by Gasteiger charge is -2.28. The van der Waals surface area contributed by atoms with Crippen molar-refractivity contribution in [3.05, 3.63) is 68.6 Å². The molecule has 1 unspecified atom stereocenters. The molecule has 198 valence electrons. The number of benzene rings is 1. The highest BCUT2D eigenvalue weighted by molar-refractivity contribution is 5.96. The van der Waals surface area contributed by atoms with Crippen molar-refractivity contribution in [2.75, 3.05) is 44.3 Å². The molecule has 1 amide bonds. The Morgan fingerprint density at radius 3 is 2.58 bits per heavy atom. The first-order valence-corrected chi connectivity index (χ1v) is 12.8. The number of hydrogen-bond acceptors (Lipinski definition) is 8. The molecule has 12 nitrogen and oxygen atoms in total. The van der Waals surface area contributed by atoms with E-state index >= 15 is 0 Å². The molecule has 0 bridgehead atoms. The Kier molecular flexibility index (Phi) is 6.10. The van der Waals surface area contributed by atoms with Crippen molar-refractivity contribution in [2.45, 2.75) is 19.5 Å². The predicted molar refractivity (Wildman–Crippen MR) is 139 cm³/mol. The number of amides is 1. The number of morpholine rings is 1. The van der Waals surface area contributed by atoms with Crippen LogP contribution in [0.15, 0.2) is 51.8 Å². The Balaban J connectivity index is 1.49. The van der Waals surface area contributed by atoms with Crippen molar-refractivity contribution in [3.63, 3.8) is 0 Å². The number of fused-ring (bicyclic) bond motifs is 2. The lowest BCUT2D eigenvalue weighted by atomic mass is 10.1. The van der Waals surface area contributed by atoms with Gasteiger partial charge < -0.3 is 19.9 Å². The maximum absolute atomic E-state index is 13.8. The molecule has 2 fully saturated rings. The van der Waals surface area contributed by atoms with Crippen LogP contribution in [-0.4, -0.2) is 74.7 Å². The number of ketones is 1. The number of anilines is 1. The fourth-order valence-electron chi connectivity index (χ4n) is 5.47. The van der Waals surface area contributed by atoms with Gasteiger partial charge in [0.2, 0.25) is 11.9 Å². The zero-order valence-corrected chi connectivity index (χ0v) is 21.1. The minimum absolute atomic E-state index is 0.117.